The second-order valence-electron chi connectivity index (χ2n) is 3.99. The summed E-state index contributed by atoms with van der Waals surface area (Å²) in [5.41, 5.74) is 7.63. The van der Waals surface area contributed by atoms with Crippen molar-refractivity contribution in [2.24, 2.45) is 0 Å². The van der Waals surface area contributed by atoms with Crippen molar-refractivity contribution >= 4 is 5.69 Å². The number of hydrogen-bond donors (Lipinski definition) is 1. The molecule has 0 saturated carbocycles. The number of para-hydroxylation sites is 2. The van der Waals surface area contributed by atoms with E-state index in [0.29, 0.717) is 6.61 Å². The van der Waals surface area contributed by atoms with E-state index in [-0.39, 0.29) is 0 Å². The molecular formula is C15H17NO2. The summed E-state index contributed by atoms with van der Waals surface area (Å²) in [6, 6.07) is 15.5. The van der Waals surface area contributed by atoms with E-state index in [2.05, 4.69) is 0 Å². The molecule has 0 amide bonds. The van der Waals surface area contributed by atoms with Crippen molar-refractivity contribution in [3.05, 3.63) is 54.1 Å². The summed E-state index contributed by atoms with van der Waals surface area (Å²) in [7, 11) is 1.64. The number of hydrogen-bond acceptors (Lipinski definition) is 3. The number of nitrogen functional groups attached to an aromatic ring is 1. The van der Waals surface area contributed by atoms with Gasteiger partial charge in [0, 0.05) is 12.1 Å². The fourth-order valence-corrected chi connectivity index (χ4v) is 1.70. The number of methoxy groups -OCH3 is 1. The van der Waals surface area contributed by atoms with E-state index in [1.807, 2.05) is 48.5 Å². The maximum atomic E-state index is 5.71. The number of nitrogens with two attached hydrogens (primary N) is 1. The maximum absolute atomic E-state index is 5.71. The van der Waals surface area contributed by atoms with Gasteiger partial charge in [0.2, 0.25) is 0 Å². The predicted molar refractivity (Wildman–Crippen MR) is 73.0 cm³/mol. The third-order valence-corrected chi connectivity index (χ3v) is 2.70. The van der Waals surface area contributed by atoms with Crippen molar-refractivity contribution in [1.29, 1.82) is 0 Å². The molecule has 2 aromatic rings. The normalized spacial score (nSPS) is 10.1. The van der Waals surface area contributed by atoms with Gasteiger partial charge in [0.25, 0.3) is 0 Å². The lowest BCUT2D eigenvalue weighted by atomic mass is 10.1. The third-order valence-electron chi connectivity index (χ3n) is 2.70. The van der Waals surface area contributed by atoms with Gasteiger partial charge in [-0.15, -0.1) is 0 Å². The fourth-order valence-electron chi connectivity index (χ4n) is 1.70. The Hall–Kier alpha value is -2.16. The highest BCUT2D eigenvalue weighted by Crippen LogP contribution is 2.25. The average molecular weight is 243 g/mol. The van der Waals surface area contributed by atoms with E-state index >= 15 is 0 Å². The molecule has 18 heavy (non-hydrogen) atoms. The van der Waals surface area contributed by atoms with Gasteiger partial charge in [0.05, 0.1) is 13.7 Å². The molecule has 0 spiro atoms. The van der Waals surface area contributed by atoms with Crippen molar-refractivity contribution in [2.45, 2.75) is 6.42 Å². The van der Waals surface area contributed by atoms with Crippen LogP contribution in [-0.4, -0.2) is 13.7 Å². The Balaban J connectivity index is 1.90. The Morgan fingerprint density at radius 3 is 2.28 bits per heavy atom. The van der Waals surface area contributed by atoms with Crippen LogP contribution in [0.5, 0.6) is 11.5 Å². The molecule has 3 nitrogen and oxygen atoms in total. The van der Waals surface area contributed by atoms with Crippen LogP contribution in [0, 0.1) is 0 Å². The summed E-state index contributed by atoms with van der Waals surface area (Å²) in [5.74, 6) is 1.53. The molecule has 0 unspecified atom stereocenters. The lowest BCUT2D eigenvalue weighted by Gasteiger charge is -2.10. The van der Waals surface area contributed by atoms with Crippen LogP contribution in [-0.2, 0) is 6.42 Å². The summed E-state index contributed by atoms with van der Waals surface area (Å²) in [6.45, 7) is 0.615. The van der Waals surface area contributed by atoms with Crippen LogP contribution in [0.3, 0.4) is 0 Å². The Labute approximate surface area is 107 Å². The lowest BCUT2D eigenvalue weighted by Crippen LogP contribution is -2.02. The van der Waals surface area contributed by atoms with E-state index in [9.17, 15) is 0 Å². The third kappa shape index (κ3) is 3.17. The predicted octanol–water partition coefficient (Wildman–Crippen LogP) is 2.90. The summed E-state index contributed by atoms with van der Waals surface area (Å²) < 4.78 is 10.9. The lowest BCUT2D eigenvalue weighted by molar-refractivity contribution is 0.297. The summed E-state index contributed by atoms with van der Waals surface area (Å²) >= 11 is 0. The van der Waals surface area contributed by atoms with Crippen LogP contribution in [0.2, 0.25) is 0 Å². The van der Waals surface area contributed by atoms with Crippen LogP contribution in [0.15, 0.2) is 48.5 Å². The Bertz CT molecular complexity index is 494. The number of benzene rings is 2. The maximum Gasteiger partial charge on any atom is 0.161 e. The van der Waals surface area contributed by atoms with Gasteiger partial charge in [-0.05, 0) is 29.8 Å². The second kappa shape index (κ2) is 5.96. The molecule has 0 radical (unpaired) electrons. The summed E-state index contributed by atoms with van der Waals surface area (Å²) in [6.07, 6.45) is 0.846. The molecule has 0 aliphatic rings. The van der Waals surface area contributed by atoms with Crippen LogP contribution in [0.4, 0.5) is 5.69 Å². The molecule has 0 aliphatic carbocycles. The van der Waals surface area contributed by atoms with Gasteiger partial charge in [-0.2, -0.15) is 0 Å². The van der Waals surface area contributed by atoms with Crippen LogP contribution < -0.4 is 15.2 Å². The molecule has 2 rings (SSSR count). The molecule has 0 bridgehead atoms. The van der Waals surface area contributed by atoms with E-state index in [1.54, 1.807) is 7.11 Å². The minimum absolute atomic E-state index is 0.615. The van der Waals surface area contributed by atoms with Gasteiger partial charge in [0.1, 0.15) is 0 Å². The standard InChI is InChI=1S/C15H17NO2/c1-17-14-4-2-3-5-15(14)18-11-10-12-6-8-13(16)9-7-12/h2-9H,10-11,16H2,1H3. The number of ether oxygens (including phenoxy) is 2. The Morgan fingerprint density at radius 2 is 1.61 bits per heavy atom. The Morgan fingerprint density at radius 1 is 0.944 bits per heavy atom. The van der Waals surface area contributed by atoms with Crippen molar-refractivity contribution in [1.82, 2.24) is 0 Å². The molecule has 0 aromatic heterocycles. The Kier molecular flexibility index (Phi) is 4.07. The van der Waals surface area contributed by atoms with E-state index in [4.69, 9.17) is 15.2 Å². The largest absolute Gasteiger partial charge is 0.493 e. The molecule has 0 aliphatic heterocycles. The highest BCUT2D eigenvalue weighted by molar-refractivity contribution is 5.40. The highest BCUT2D eigenvalue weighted by Gasteiger charge is 2.02. The van der Waals surface area contributed by atoms with E-state index < -0.39 is 0 Å². The first-order valence-electron chi connectivity index (χ1n) is 5.90. The second-order valence-corrected chi connectivity index (χ2v) is 3.99. The van der Waals surface area contributed by atoms with Gasteiger partial charge in [-0.3, -0.25) is 0 Å². The van der Waals surface area contributed by atoms with Crippen LogP contribution in [0.1, 0.15) is 5.56 Å². The molecule has 2 N–H and O–H groups in total. The van der Waals surface area contributed by atoms with Crippen molar-refractivity contribution in [3.8, 4) is 11.5 Å². The first kappa shape index (κ1) is 12.3. The van der Waals surface area contributed by atoms with Gasteiger partial charge in [-0.25, -0.2) is 0 Å². The molecule has 0 fully saturated rings. The molecule has 0 atom stereocenters. The minimum Gasteiger partial charge on any atom is -0.493 e. The first-order chi connectivity index (χ1) is 8.79. The summed E-state index contributed by atoms with van der Waals surface area (Å²) in [5, 5.41) is 0. The van der Waals surface area contributed by atoms with Crippen molar-refractivity contribution < 1.29 is 9.47 Å². The molecule has 0 saturated heterocycles. The molecule has 3 heteroatoms. The van der Waals surface area contributed by atoms with Gasteiger partial charge >= 0.3 is 0 Å². The number of anilines is 1. The van der Waals surface area contributed by atoms with Gasteiger partial charge < -0.3 is 15.2 Å². The van der Waals surface area contributed by atoms with Crippen LogP contribution >= 0.6 is 0 Å². The average Bonchev–Trinajstić information content (AvgIpc) is 2.41. The van der Waals surface area contributed by atoms with Crippen molar-refractivity contribution in [2.75, 3.05) is 19.5 Å². The zero-order valence-electron chi connectivity index (χ0n) is 10.4. The van der Waals surface area contributed by atoms with E-state index in [0.717, 1.165) is 23.6 Å². The van der Waals surface area contributed by atoms with Crippen LogP contribution in [0.25, 0.3) is 0 Å². The highest BCUT2D eigenvalue weighted by atomic mass is 16.5. The zero-order valence-corrected chi connectivity index (χ0v) is 10.4. The minimum atomic E-state index is 0.615. The fraction of sp³-hybridized carbons (Fsp3) is 0.200. The first-order valence-corrected chi connectivity index (χ1v) is 5.90. The van der Waals surface area contributed by atoms with Gasteiger partial charge in [0.15, 0.2) is 11.5 Å². The zero-order chi connectivity index (χ0) is 12.8. The van der Waals surface area contributed by atoms with Crippen molar-refractivity contribution in [3.63, 3.8) is 0 Å². The molecule has 94 valence electrons. The van der Waals surface area contributed by atoms with Gasteiger partial charge in [-0.1, -0.05) is 24.3 Å². The number of rotatable bonds is 5. The summed E-state index contributed by atoms with van der Waals surface area (Å²) in [4.78, 5) is 0. The SMILES string of the molecule is COc1ccccc1OCCc1ccc(N)cc1. The molecule has 0 heterocycles. The smallest absolute Gasteiger partial charge is 0.161 e. The monoisotopic (exact) mass is 243 g/mol. The molecule has 2 aromatic carbocycles. The van der Waals surface area contributed by atoms with E-state index in [1.165, 1.54) is 5.56 Å². The quantitative estimate of drug-likeness (QED) is 0.821. The topological polar surface area (TPSA) is 44.5 Å². The molecular weight excluding hydrogens is 226 g/mol.